The van der Waals surface area contributed by atoms with Crippen LogP contribution in [0.1, 0.15) is 18.1 Å². The number of aliphatic hydroxyl groups is 1. The molecule has 72 valence electrons. The number of nitro groups is 1. The van der Waals surface area contributed by atoms with Crippen LogP contribution in [0.25, 0.3) is 0 Å². The second-order valence-electron chi connectivity index (χ2n) is 2.73. The van der Waals surface area contributed by atoms with E-state index in [4.69, 9.17) is 5.26 Å². The van der Waals surface area contributed by atoms with Crippen molar-refractivity contribution < 1.29 is 10.0 Å². The van der Waals surface area contributed by atoms with Crippen LogP contribution in [0.15, 0.2) is 24.3 Å². The fourth-order valence-electron chi connectivity index (χ4n) is 1.02. The van der Waals surface area contributed by atoms with Crippen LogP contribution < -0.4 is 0 Å². The van der Waals surface area contributed by atoms with Crippen LogP contribution in [-0.4, -0.2) is 10.0 Å². The van der Waals surface area contributed by atoms with Gasteiger partial charge in [-0.2, -0.15) is 5.26 Å². The van der Waals surface area contributed by atoms with Crippen LogP contribution in [0.4, 0.5) is 5.69 Å². The summed E-state index contributed by atoms with van der Waals surface area (Å²) in [6, 6.07) is 7.31. The van der Waals surface area contributed by atoms with E-state index in [2.05, 4.69) is 0 Å². The molecule has 0 bridgehead atoms. The molecule has 0 unspecified atom stereocenters. The van der Waals surface area contributed by atoms with Crippen molar-refractivity contribution in [2.45, 2.75) is 12.5 Å². The molecule has 0 saturated carbocycles. The third kappa shape index (κ3) is 2.28. The number of hydrogen-bond acceptors (Lipinski definition) is 4. The Bertz CT molecular complexity index is 367. The van der Waals surface area contributed by atoms with Crippen LogP contribution in [0, 0.1) is 21.4 Å². The number of rotatable bonds is 3. The Morgan fingerprint density at radius 3 is 2.50 bits per heavy atom. The molecule has 0 radical (unpaired) electrons. The molecule has 0 heterocycles. The molecule has 1 aromatic carbocycles. The lowest BCUT2D eigenvalue weighted by molar-refractivity contribution is -0.384. The fraction of sp³-hybridized carbons (Fsp3) is 0.222. The zero-order valence-electron chi connectivity index (χ0n) is 7.25. The van der Waals surface area contributed by atoms with Gasteiger partial charge in [-0.1, -0.05) is 0 Å². The van der Waals surface area contributed by atoms with E-state index in [0.29, 0.717) is 5.56 Å². The summed E-state index contributed by atoms with van der Waals surface area (Å²) in [7, 11) is 0. The predicted molar refractivity (Wildman–Crippen MR) is 48.3 cm³/mol. The molecule has 0 amide bonds. The quantitative estimate of drug-likeness (QED) is 0.581. The first-order chi connectivity index (χ1) is 6.65. The van der Waals surface area contributed by atoms with Gasteiger partial charge in [0.1, 0.15) is 0 Å². The number of benzene rings is 1. The number of nitro benzene ring substituents is 1. The van der Waals surface area contributed by atoms with Gasteiger partial charge < -0.3 is 5.11 Å². The molecule has 0 aliphatic heterocycles. The van der Waals surface area contributed by atoms with E-state index in [1.165, 1.54) is 24.3 Å². The van der Waals surface area contributed by atoms with Crippen molar-refractivity contribution in [1.29, 1.82) is 5.26 Å². The number of nitriles is 1. The number of nitrogens with zero attached hydrogens (tertiary/aromatic N) is 2. The van der Waals surface area contributed by atoms with Crippen molar-refractivity contribution in [2.24, 2.45) is 0 Å². The van der Waals surface area contributed by atoms with Crippen LogP contribution in [0.2, 0.25) is 0 Å². The maximum atomic E-state index is 10.3. The van der Waals surface area contributed by atoms with Gasteiger partial charge in [0.2, 0.25) is 0 Å². The molecule has 0 fully saturated rings. The average Bonchev–Trinajstić information content (AvgIpc) is 2.18. The Hall–Kier alpha value is -1.93. The van der Waals surface area contributed by atoms with E-state index >= 15 is 0 Å². The average molecular weight is 192 g/mol. The van der Waals surface area contributed by atoms with Crippen molar-refractivity contribution in [3.63, 3.8) is 0 Å². The summed E-state index contributed by atoms with van der Waals surface area (Å²) in [6.45, 7) is 0. The Labute approximate surface area is 80.4 Å². The summed E-state index contributed by atoms with van der Waals surface area (Å²) in [5, 5.41) is 28.0. The van der Waals surface area contributed by atoms with Gasteiger partial charge in [0.15, 0.2) is 0 Å². The molecule has 1 rings (SSSR count). The molecule has 1 atom stereocenters. The minimum Gasteiger partial charge on any atom is -0.387 e. The summed E-state index contributed by atoms with van der Waals surface area (Å²) in [6.07, 6.45) is -0.890. The fourth-order valence-corrected chi connectivity index (χ4v) is 1.02. The normalized spacial score (nSPS) is 11.7. The lowest BCUT2D eigenvalue weighted by Crippen LogP contribution is -1.96. The van der Waals surface area contributed by atoms with Crippen LogP contribution in [-0.2, 0) is 0 Å². The first-order valence-electron chi connectivity index (χ1n) is 3.94. The largest absolute Gasteiger partial charge is 0.387 e. The molecule has 0 aromatic heterocycles. The van der Waals surface area contributed by atoms with Gasteiger partial charge in [0, 0.05) is 12.1 Å². The number of non-ortho nitro benzene ring substituents is 1. The van der Waals surface area contributed by atoms with Gasteiger partial charge in [0.25, 0.3) is 5.69 Å². The van der Waals surface area contributed by atoms with Crippen molar-refractivity contribution >= 4 is 5.69 Å². The van der Waals surface area contributed by atoms with Crippen LogP contribution in [0.5, 0.6) is 0 Å². The highest BCUT2D eigenvalue weighted by Crippen LogP contribution is 2.19. The van der Waals surface area contributed by atoms with Gasteiger partial charge in [-0.05, 0) is 17.7 Å². The highest BCUT2D eigenvalue weighted by atomic mass is 16.6. The zero-order chi connectivity index (χ0) is 10.6. The molecule has 0 aliphatic carbocycles. The van der Waals surface area contributed by atoms with Crippen molar-refractivity contribution in [3.8, 4) is 6.07 Å². The smallest absolute Gasteiger partial charge is 0.269 e. The van der Waals surface area contributed by atoms with E-state index in [1.807, 2.05) is 6.07 Å². The summed E-state index contributed by atoms with van der Waals surface area (Å²) in [4.78, 5) is 9.79. The minimum atomic E-state index is -0.874. The van der Waals surface area contributed by atoms with Gasteiger partial charge in [0.05, 0.1) is 23.5 Å². The monoisotopic (exact) mass is 192 g/mol. The van der Waals surface area contributed by atoms with E-state index < -0.39 is 11.0 Å². The van der Waals surface area contributed by atoms with Crippen molar-refractivity contribution in [3.05, 3.63) is 39.9 Å². The first kappa shape index (κ1) is 10.2. The lowest BCUT2D eigenvalue weighted by atomic mass is 10.1. The molecule has 1 aromatic rings. The molecule has 0 spiro atoms. The molecule has 14 heavy (non-hydrogen) atoms. The summed E-state index contributed by atoms with van der Waals surface area (Å²) in [5.74, 6) is 0. The van der Waals surface area contributed by atoms with Gasteiger partial charge >= 0.3 is 0 Å². The van der Waals surface area contributed by atoms with E-state index in [0.717, 1.165) is 0 Å². The zero-order valence-corrected chi connectivity index (χ0v) is 7.25. The molecular weight excluding hydrogens is 184 g/mol. The Morgan fingerprint density at radius 1 is 1.50 bits per heavy atom. The summed E-state index contributed by atoms with van der Waals surface area (Å²) in [5.41, 5.74) is 0.482. The highest BCUT2D eigenvalue weighted by Gasteiger charge is 2.09. The molecule has 1 N–H and O–H groups in total. The van der Waals surface area contributed by atoms with Crippen LogP contribution >= 0.6 is 0 Å². The summed E-state index contributed by atoms with van der Waals surface area (Å²) < 4.78 is 0. The third-order valence-electron chi connectivity index (χ3n) is 1.77. The molecule has 5 nitrogen and oxygen atoms in total. The van der Waals surface area contributed by atoms with E-state index in [-0.39, 0.29) is 12.1 Å². The van der Waals surface area contributed by atoms with Crippen molar-refractivity contribution in [2.75, 3.05) is 0 Å². The van der Waals surface area contributed by atoms with Crippen LogP contribution in [0.3, 0.4) is 0 Å². The number of aliphatic hydroxyl groups excluding tert-OH is 1. The first-order valence-corrected chi connectivity index (χ1v) is 3.94. The second kappa shape index (κ2) is 4.35. The predicted octanol–water partition coefficient (Wildman–Crippen LogP) is 1.54. The van der Waals surface area contributed by atoms with Gasteiger partial charge in [-0.3, -0.25) is 10.1 Å². The Morgan fingerprint density at radius 2 is 2.07 bits per heavy atom. The van der Waals surface area contributed by atoms with E-state index in [1.54, 1.807) is 0 Å². The van der Waals surface area contributed by atoms with E-state index in [9.17, 15) is 15.2 Å². The maximum Gasteiger partial charge on any atom is 0.269 e. The third-order valence-corrected chi connectivity index (χ3v) is 1.77. The molecular formula is C9H8N2O3. The standard InChI is InChI=1S/C9H8N2O3/c10-6-5-9(12)7-1-3-8(4-2-7)11(13)14/h1-4,9,12H,5H2/t9-/m1/s1. The van der Waals surface area contributed by atoms with Gasteiger partial charge in [-0.15, -0.1) is 0 Å². The summed E-state index contributed by atoms with van der Waals surface area (Å²) >= 11 is 0. The maximum absolute atomic E-state index is 10.3. The Balaban J connectivity index is 2.84. The topological polar surface area (TPSA) is 87.2 Å². The molecule has 5 heteroatoms. The highest BCUT2D eigenvalue weighted by molar-refractivity contribution is 5.33. The van der Waals surface area contributed by atoms with Crippen molar-refractivity contribution in [1.82, 2.24) is 0 Å². The Kier molecular flexibility index (Phi) is 3.15. The lowest BCUT2D eigenvalue weighted by Gasteiger charge is -2.05. The molecule has 0 aliphatic rings. The molecule has 0 saturated heterocycles. The minimum absolute atomic E-state index is 0.0161. The SMILES string of the molecule is N#CC[C@@H](O)c1ccc([N+](=O)[O-])cc1. The second-order valence-corrected chi connectivity index (χ2v) is 2.73. The number of hydrogen-bond donors (Lipinski definition) is 1. The van der Waals surface area contributed by atoms with Gasteiger partial charge in [-0.25, -0.2) is 0 Å².